The van der Waals surface area contributed by atoms with Crippen molar-refractivity contribution in [3.05, 3.63) is 0 Å². The smallest absolute Gasteiger partial charge is 0.186 e. The summed E-state index contributed by atoms with van der Waals surface area (Å²) in [5.74, 6) is 0. The van der Waals surface area contributed by atoms with E-state index in [0.717, 1.165) is 0 Å². The highest BCUT2D eigenvalue weighted by Crippen LogP contribution is 2.29. The second-order valence-electron chi connectivity index (χ2n) is 6.67. The van der Waals surface area contributed by atoms with Crippen molar-refractivity contribution in [1.82, 2.24) is 0 Å². The average Bonchev–Trinajstić information content (AvgIpc) is 2.73. The molecule has 0 aromatic heterocycles. The van der Waals surface area contributed by atoms with E-state index in [1.807, 2.05) is 0 Å². The first-order valence-electron chi connectivity index (χ1n) is 10.3. The maximum Gasteiger partial charge on any atom is 0.186 e. The fourth-order valence-corrected chi connectivity index (χ4v) is 2.99. The van der Waals surface area contributed by atoms with Gasteiger partial charge in [-0.25, -0.2) is 0 Å². The lowest BCUT2D eigenvalue weighted by Gasteiger charge is -2.45. The number of hydrogen-bond acceptors (Lipinski definition) is 10. The van der Waals surface area contributed by atoms with Gasteiger partial charge in [-0.3, -0.25) is 0 Å². The Morgan fingerprint density at radius 3 is 1.66 bits per heavy atom. The summed E-state index contributed by atoms with van der Waals surface area (Å²) in [6.45, 7) is 1.53. The zero-order chi connectivity index (χ0) is 21.3. The van der Waals surface area contributed by atoms with Crippen molar-refractivity contribution in [2.24, 2.45) is 0 Å². The lowest BCUT2D eigenvalue weighted by Crippen LogP contribution is -2.62. The molecule has 10 nitrogen and oxygen atoms in total. The zero-order valence-electron chi connectivity index (χ0n) is 17.3. The average molecular weight is 427 g/mol. The van der Waals surface area contributed by atoms with Gasteiger partial charge in [0.1, 0.15) is 24.4 Å². The van der Waals surface area contributed by atoms with Gasteiger partial charge in [0.05, 0.1) is 6.61 Å². The molecule has 0 radical (unpaired) electrons. The molecule has 0 spiro atoms. The molecule has 1 fully saturated rings. The molecule has 10 heteroatoms. The van der Waals surface area contributed by atoms with Crippen molar-refractivity contribution in [3.8, 4) is 0 Å². The van der Waals surface area contributed by atoms with Crippen LogP contribution in [0.3, 0.4) is 0 Å². The van der Waals surface area contributed by atoms with Crippen LogP contribution < -0.4 is 0 Å². The Bertz CT molecular complexity index is 373. The van der Waals surface area contributed by atoms with Gasteiger partial charge in [-0.1, -0.05) is 0 Å². The predicted molar refractivity (Wildman–Crippen MR) is 103 cm³/mol. The van der Waals surface area contributed by atoms with Crippen LogP contribution in [0.4, 0.5) is 0 Å². The molecule has 1 aliphatic rings. The van der Waals surface area contributed by atoms with Crippen molar-refractivity contribution in [2.45, 2.75) is 56.4 Å². The molecule has 5 atom stereocenters. The maximum atomic E-state index is 9.10. The van der Waals surface area contributed by atoms with E-state index in [0.29, 0.717) is 52.1 Å². The number of ether oxygens (including phenoxy) is 6. The van der Waals surface area contributed by atoms with Crippen LogP contribution in [0.25, 0.3) is 0 Å². The van der Waals surface area contributed by atoms with Crippen LogP contribution in [0.1, 0.15) is 25.7 Å². The number of methoxy groups -OCH3 is 1. The molecule has 1 heterocycles. The van der Waals surface area contributed by atoms with Gasteiger partial charge in [0.25, 0.3) is 0 Å². The van der Waals surface area contributed by atoms with Crippen LogP contribution >= 0.6 is 0 Å². The van der Waals surface area contributed by atoms with Gasteiger partial charge in [0, 0.05) is 60.0 Å². The zero-order valence-corrected chi connectivity index (χ0v) is 17.3. The summed E-state index contributed by atoms with van der Waals surface area (Å²) in [6, 6.07) is 0. The first-order valence-corrected chi connectivity index (χ1v) is 10.3. The van der Waals surface area contributed by atoms with Crippen molar-refractivity contribution >= 4 is 0 Å². The van der Waals surface area contributed by atoms with E-state index in [9.17, 15) is 0 Å². The van der Waals surface area contributed by atoms with Crippen molar-refractivity contribution < 1.29 is 48.8 Å². The lowest BCUT2D eigenvalue weighted by atomic mass is 9.98. The highest BCUT2D eigenvalue weighted by molar-refractivity contribution is 4.93. The summed E-state index contributed by atoms with van der Waals surface area (Å²) >= 11 is 0. The highest BCUT2D eigenvalue weighted by atomic mass is 16.7. The molecule has 0 amide bonds. The number of rotatable bonds is 18. The Morgan fingerprint density at radius 2 is 1.14 bits per heavy atom. The third-order valence-electron chi connectivity index (χ3n) is 4.39. The number of aliphatic hydroxyl groups excluding tert-OH is 4. The second-order valence-corrected chi connectivity index (χ2v) is 6.67. The van der Waals surface area contributed by atoms with Gasteiger partial charge in [0.2, 0.25) is 0 Å². The van der Waals surface area contributed by atoms with Gasteiger partial charge in [0.15, 0.2) is 6.29 Å². The molecular formula is C19H38O10. The molecule has 174 valence electrons. The van der Waals surface area contributed by atoms with Gasteiger partial charge in [-0.05, 0) is 25.7 Å². The largest absolute Gasteiger partial charge is 0.396 e. The van der Waals surface area contributed by atoms with Crippen molar-refractivity contribution in [3.63, 3.8) is 0 Å². The first-order chi connectivity index (χ1) is 14.2. The molecule has 0 aliphatic carbocycles. The van der Waals surface area contributed by atoms with Crippen molar-refractivity contribution in [1.29, 1.82) is 0 Å². The predicted octanol–water partition coefficient (Wildman–Crippen LogP) is -0.940. The van der Waals surface area contributed by atoms with E-state index in [1.54, 1.807) is 0 Å². The Balaban J connectivity index is 2.92. The quantitative estimate of drug-likeness (QED) is 0.203. The van der Waals surface area contributed by atoms with Crippen LogP contribution in [0.5, 0.6) is 0 Å². The van der Waals surface area contributed by atoms with Gasteiger partial charge in [-0.15, -0.1) is 0 Å². The molecule has 29 heavy (non-hydrogen) atoms. The normalized spacial score (nSPS) is 27.4. The topological polar surface area (TPSA) is 136 Å². The summed E-state index contributed by atoms with van der Waals surface area (Å²) in [5.41, 5.74) is 0. The van der Waals surface area contributed by atoms with E-state index in [1.165, 1.54) is 7.11 Å². The summed E-state index contributed by atoms with van der Waals surface area (Å²) in [5, 5.41) is 36.2. The van der Waals surface area contributed by atoms with E-state index in [2.05, 4.69) is 0 Å². The molecule has 0 bridgehead atoms. The minimum Gasteiger partial charge on any atom is -0.396 e. The Morgan fingerprint density at radius 1 is 0.655 bits per heavy atom. The third-order valence-corrected chi connectivity index (χ3v) is 4.39. The molecule has 4 N–H and O–H groups in total. The van der Waals surface area contributed by atoms with Crippen LogP contribution in [0, 0.1) is 0 Å². The maximum absolute atomic E-state index is 9.10. The summed E-state index contributed by atoms with van der Waals surface area (Å²) in [6.07, 6.45) is -1.03. The van der Waals surface area contributed by atoms with E-state index in [4.69, 9.17) is 48.8 Å². The minimum atomic E-state index is -0.725. The van der Waals surface area contributed by atoms with Gasteiger partial charge >= 0.3 is 0 Å². The van der Waals surface area contributed by atoms with Crippen LogP contribution in [0.2, 0.25) is 0 Å². The third kappa shape index (κ3) is 9.97. The molecule has 1 aliphatic heterocycles. The Labute approximate surface area is 172 Å². The Kier molecular flexibility index (Phi) is 15.9. The van der Waals surface area contributed by atoms with E-state index >= 15 is 0 Å². The van der Waals surface area contributed by atoms with Crippen LogP contribution in [0.15, 0.2) is 0 Å². The lowest BCUT2D eigenvalue weighted by molar-refractivity contribution is -0.318. The summed E-state index contributed by atoms with van der Waals surface area (Å²) in [7, 11) is 1.51. The molecule has 0 unspecified atom stereocenters. The second kappa shape index (κ2) is 17.3. The van der Waals surface area contributed by atoms with Crippen LogP contribution in [-0.2, 0) is 28.4 Å². The van der Waals surface area contributed by atoms with Gasteiger partial charge in [-0.2, -0.15) is 0 Å². The fraction of sp³-hybridized carbons (Fsp3) is 1.00. The van der Waals surface area contributed by atoms with E-state index < -0.39 is 30.7 Å². The molecule has 1 rings (SSSR count). The number of aliphatic hydroxyl groups is 4. The molecule has 0 aromatic rings. The first kappa shape index (κ1) is 26.6. The summed E-state index contributed by atoms with van der Waals surface area (Å²) < 4.78 is 35.0. The highest BCUT2D eigenvalue weighted by Gasteiger charge is 2.48. The van der Waals surface area contributed by atoms with Crippen LogP contribution in [-0.4, -0.2) is 118 Å². The summed E-state index contributed by atoms with van der Waals surface area (Å²) in [4.78, 5) is 0. The standard InChI is InChI=1S/C19H38O10/c1-24-19-18(28-13-5-9-23)17(27-12-4-8-22)16(26-11-3-7-21)15(29-19)14-25-10-2-6-20/h15-23H,2-14H2,1H3/t15-,16-,17+,18-,19+/m1/s1. The fourth-order valence-electron chi connectivity index (χ4n) is 2.99. The van der Waals surface area contributed by atoms with Crippen molar-refractivity contribution in [2.75, 3.05) is 66.6 Å². The monoisotopic (exact) mass is 426 g/mol. The molecule has 1 saturated heterocycles. The molecule has 0 aromatic carbocycles. The van der Waals surface area contributed by atoms with Gasteiger partial charge < -0.3 is 48.8 Å². The minimum absolute atomic E-state index is 0.000979. The SMILES string of the molecule is CO[C@H]1O[C@H](COCCCO)[C@@H](OCCCO)[C@H](OCCCO)[C@H]1OCCCO. The molecular weight excluding hydrogens is 388 g/mol. The Hall–Kier alpha value is -0.400. The molecule has 0 saturated carbocycles. The van der Waals surface area contributed by atoms with E-state index in [-0.39, 0.29) is 33.0 Å². The number of hydrogen-bond donors (Lipinski definition) is 4.